The highest BCUT2D eigenvalue weighted by atomic mass is 31.2. The van der Waals surface area contributed by atoms with E-state index < -0.39 is 8.69 Å². The minimum absolute atomic E-state index is 0.353. The molecule has 0 amide bonds. The Kier molecular flexibility index (Phi) is 2.80. The number of hydrogen-bond acceptors (Lipinski definition) is 2. The number of benzene rings is 1. The molecule has 0 aromatic heterocycles. The smallest absolute Gasteiger partial charge is 0.424 e. The second-order valence-electron chi connectivity index (χ2n) is 2.13. The summed E-state index contributed by atoms with van der Waals surface area (Å²) in [5, 5.41) is 0. The average Bonchev–Trinajstić information content (AvgIpc) is 1.93. The molecule has 0 fully saturated rings. The van der Waals surface area contributed by atoms with Crippen molar-refractivity contribution in [2.45, 2.75) is 6.92 Å². The molecule has 0 aliphatic heterocycles. The van der Waals surface area contributed by atoms with Gasteiger partial charge in [0.25, 0.3) is 0 Å². The van der Waals surface area contributed by atoms with Crippen molar-refractivity contribution in [1.29, 1.82) is 0 Å². The van der Waals surface area contributed by atoms with E-state index in [1.807, 2.05) is 6.92 Å². The summed E-state index contributed by atoms with van der Waals surface area (Å²) >= 11 is 0. The molecule has 0 saturated heterocycles. The molecule has 0 bridgehead atoms. The number of hydrogen-bond donors (Lipinski definition) is 1. The first kappa shape index (κ1) is 8.44. The lowest BCUT2D eigenvalue weighted by Gasteiger charge is -2.02. The Balaban J connectivity index is 2.66. The third-order valence-electron chi connectivity index (χ3n) is 1.20. The van der Waals surface area contributed by atoms with Gasteiger partial charge in [-0.25, -0.2) is 0 Å². The number of aryl methyl sites for hydroxylation is 1. The van der Waals surface area contributed by atoms with Crippen LogP contribution in [0.25, 0.3) is 0 Å². The highest BCUT2D eigenvalue weighted by Crippen LogP contribution is 2.34. The molecule has 0 heterocycles. The summed E-state index contributed by atoms with van der Waals surface area (Å²) in [6.45, 7) is 1.92. The van der Waals surface area contributed by atoms with E-state index >= 15 is 0 Å². The zero-order chi connectivity index (χ0) is 8.27. The third-order valence-corrected chi connectivity index (χ3v) is 1.56. The van der Waals surface area contributed by atoms with Crippen molar-refractivity contribution in [3.05, 3.63) is 29.8 Å². The predicted octanol–water partition coefficient (Wildman–Crippen LogP) is 2.56. The van der Waals surface area contributed by atoms with Gasteiger partial charge in [-0.2, -0.15) is 0 Å². The Bertz CT molecular complexity index is 222. The van der Waals surface area contributed by atoms with Crippen LogP contribution >= 0.6 is 8.69 Å². The highest BCUT2D eigenvalue weighted by molar-refractivity contribution is 7.40. The van der Waals surface area contributed by atoms with E-state index in [0.29, 0.717) is 5.75 Å². The molecule has 0 aliphatic rings. The van der Waals surface area contributed by atoms with Gasteiger partial charge in [0.2, 0.25) is 0 Å². The van der Waals surface area contributed by atoms with Crippen LogP contribution in [0.3, 0.4) is 0 Å². The normalized spacial score (nSPS) is 12.6. The van der Waals surface area contributed by atoms with E-state index in [1.54, 1.807) is 24.3 Å². The topological polar surface area (TPSA) is 29.5 Å². The van der Waals surface area contributed by atoms with Crippen molar-refractivity contribution in [1.82, 2.24) is 0 Å². The maximum atomic E-state index is 11.9. The van der Waals surface area contributed by atoms with E-state index in [1.165, 1.54) is 0 Å². The summed E-state index contributed by atoms with van der Waals surface area (Å²) in [7, 11) is -2.79. The summed E-state index contributed by atoms with van der Waals surface area (Å²) in [5.74, 6) is 0.353. The van der Waals surface area contributed by atoms with Crippen molar-refractivity contribution in [2.24, 2.45) is 0 Å². The quantitative estimate of drug-likeness (QED) is 0.698. The molecule has 0 spiro atoms. The molecule has 2 nitrogen and oxygen atoms in total. The zero-order valence-electron chi connectivity index (χ0n) is 5.99. The zero-order valence-corrected chi connectivity index (χ0v) is 6.88. The van der Waals surface area contributed by atoms with Crippen molar-refractivity contribution >= 4 is 8.69 Å². The Morgan fingerprint density at radius 2 is 1.91 bits per heavy atom. The van der Waals surface area contributed by atoms with Crippen LogP contribution < -0.4 is 4.52 Å². The SMILES string of the molecule is Cc1ccc(OP(O)F)cc1. The van der Waals surface area contributed by atoms with E-state index in [9.17, 15) is 4.20 Å². The van der Waals surface area contributed by atoms with E-state index in [2.05, 4.69) is 4.52 Å². The molecule has 0 radical (unpaired) electrons. The molecule has 1 aromatic carbocycles. The van der Waals surface area contributed by atoms with Crippen LogP contribution in [0.2, 0.25) is 0 Å². The minimum atomic E-state index is -2.79. The number of rotatable bonds is 2. The predicted molar refractivity (Wildman–Crippen MR) is 42.1 cm³/mol. The molecule has 4 heteroatoms. The molecular weight excluding hydrogens is 166 g/mol. The molecule has 1 atom stereocenters. The Morgan fingerprint density at radius 3 is 2.36 bits per heavy atom. The fraction of sp³-hybridized carbons (Fsp3) is 0.143. The van der Waals surface area contributed by atoms with Crippen LogP contribution in [-0.4, -0.2) is 4.89 Å². The molecule has 1 aromatic rings. The maximum Gasteiger partial charge on any atom is 0.436 e. The van der Waals surface area contributed by atoms with E-state index in [-0.39, 0.29) is 0 Å². The fourth-order valence-electron chi connectivity index (χ4n) is 0.686. The van der Waals surface area contributed by atoms with Gasteiger partial charge in [0.15, 0.2) is 0 Å². The minimum Gasteiger partial charge on any atom is -0.424 e. The molecule has 0 aliphatic carbocycles. The summed E-state index contributed by atoms with van der Waals surface area (Å²) in [6.07, 6.45) is 0. The first-order valence-corrected chi connectivity index (χ1v) is 4.18. The Labute approximate surface area is 65.7 Å². The first-order valence-electron chi connectivity index (χ1n) is 3.08. The average molecular weight is 174 g/mol. The monoisotopic (exact) mass is 174 g/mol. The van der Waals surface area contributed by atoms with Gasteiger partial charge in [-0.3, -0.25) is 0 Å². The summed E-state index contributed by atoms with van der Waals surface area (Å²) in [6, 6.07) is 6.79. The van der Waals surface area contributed by atoms with Crippen LogP contribution in [0.1, 0.15) is 5.56 Å². The van der Waals surface area contributed by atoms with E-state index in [4.69, 9.17) is 4.89 Å². The standard InChI is InChI=1S/C7H8FO2P/c1-6-2-4-7(5-3-6)10-11(8)9/h2-5,9H,1H3. The molecule has 60 valence electrons. The van der Waals surface area contributed by atoms with Gasteiger partial charge in [-0.05, 0) is 19.1 Å². The van der Waals surface area contributed by atoms with Crippen LogP contribution in [0.4, 0.5) is 4.20 Å². The van der Waals surface area contributed by atoms with Crippen LogP contribution in [0.15, 0.2) is 24.3 Å². The maximum absolute atomic E-state index is 11.9. The summed E-state index contributed by atoms with van der Waals surface area (Å²) in [5.41, 5.74) is 1.07. The van der Waals surface area contributed by atoms with Gasteiger partial charge < -0.3 is 9.42 Å². The van der Waals surface area contributed by atoms with Crippen LogP contribution in [0.5, 0.6) is 5.75 Å². The lowest BCUT2D eigenvalue weighted by molar-refractivity contribution is 0.434. The molecule has 11 heavy (non-hydrogen) atoms. The van der Waals surface area contributed by atoms with Gasteiger partial charge >= 0.3 is 8.69 Å². The Hall–Kier alpha value is -0.660. The van der Waals surface area contributed by atoms with Crippen molar-refractivity contribution in [3.8, 4) is 5.75 Å². The molecule has 1 rings (SSSR count). The van der Waals surface area contributed by atoms with Crippen molar-refractivity contribution in [2.75, 3.05) is 0 Å². The van der Waals surface area contributed by atoms with Gasteiger partial charge in [-0.1, -0.05) is 17.7 Å². The van der Waals surface area contributed by atoms with E-state index in [0.717, 1.165) is 5.56 Å². The van der Waals surface area contributed by atoms with Gasteiger partial charge in [0.1, 0.15) is 5.75 Å². The molecular formula is C7H8FO2P. The lowest BCUT2D eigenvalue weighted by Crippen LogP contribution is -1.81. The summed E-state index contributed by atoms with van der Waals surface area (Å²) < 4.78 is 16.3. The third kappa shape index (κ3) is 2.83. The van der Waals surface area contributed by atoms with Gasteiger partial charge in [0, 0.05) is 0 Å². The second kappa shape index (κ2) is 3.65. The summed E-state index contributed by atoms with van der Waals surface area (Å²) in [4.78, 5) is 8.25. The van der Waals surface area contributed by atoms with Crippen molar-refractivity contribution < 1.29 is 13.6 Å². The van der Waals surface area contributed by atoms with Gasteiger partial charge in [-0.15, -0.1) is 4.20 Å². The first-order chi connectivity index (χ1) is 5.18. The van der Waals surface area contributed by atoms with Crippen LogP contribution in [-0.2, 0) is 0 Å². The molecule has 0 saturated carbocycles. The fourth-order valence-corrected chi connectivity index (χ4v) is 0.982. The Morgan fingerprint density at radius 1 is 1.36 bits per heavy atom. The van der Waals surface area contributed by atoms with Crippen LogP contribution in [0, 0.1) is 6.92 Å². The van der Waals surface area contributed by atoms with Gasteiger partial charge in [0.05, 0.1) is 0 Å². The lowest BCUT2D eigenvalue weighted by atomic mass is 10.2. The molecule has 1 N–H and O–H groups in total. The molecule has 1 unspecified atom stereocenters. The highest BCUT2D eigenvalue weighted by Gasteiger charge is 2.02. The largest absolute Gasteiger partial charge is 0.436 e. The number of halogens is 1. The second-order valence-corrected chi connectivity index (χ2v) is 2.77. The van der Waals surface area contributed by atoms with Crippen molar-refractivity contribution in [3.63, 3.8) is 0 Å².